The number of halogens is 1. The van der Waals surface area contributed by atoms with Gasteiger partial charge in [0.05, 0.1) is 11.6 Å². The number of carbonyl (C=O) groups excluding carboxylic acids is 1. The molecule has 1 aliphatic heterocycles. The van der Waals surface area contributed by atoms with Crippen LogP contribution in [0, 0.1) is 5.92 Å². The summed E-state index contributed by atoms with van der Waals surface area (Å²) in [5.41, 5.74) is 1.71. The minimum absolute atomic E-state index is 0.0316. The van der Waals surface area contributed by atoms with E-state index in [1.165, 1.54) is 25.7 Å². The number of amides is 1. The molecule has 21 heavy (non-hydrogen) atoms. The monoisotopic (exact) mass is 308 g/mol. The first-order valence-corrected chi connectivity index (χ1v) is 8.07. The van der Waals surface area contributed by atoms with E-state index in [1.54, 1.807) is 0 Å². The molecule has 1 unspecified atom stereocenters. The van der Waals surface area contributed by atoms with E-state index in [2.05, 4.69) is 10.6 Å². The van der Waals surface area contributed by atoms with E-state index in [0.717, 1.165) is 17.8 Å². The first-order valence-electron chi connectivity index (χ1n) is 7.69. The first-order chi connectivity index (χ1) is 10.2. The highest BCUT2D eigenvalue weighted by atomic mass is 35.5. The van der Waals surface area contributed by atoms with E-state index in [-0.39, 0.29) is 11.9 Å². The summed E-state index contributed by atoms with van der Waals surface area (Å²) < 4.78 is 5.87. The topological polar surface area (TPSA) is 50.4 Å². The van der Waals surface area contributed by atoms with Gasteiger partial charge in [-0.2, -0.15) is 0 Å². The Morgan fingerprint density at radius 2 is 2.14 bits per heavy atom. The molecule has 1 heterocycles. The molecule has 0 saturated heterocycles. The molecule has 2 N–H and O–H groups in total. The molecule has 0 radical (unpaired) electrons. The van der Waals surface area contributed by atoms with Crippen molar-refractivity contribution in [1.82, 2.24) is 5.32 Å². The molecule has 0 spiro atoms. The van der Waals surface area contributed by atoms with Crippen molar-refractivity contribution in [3.05, 3.63) is 22.7 Å². The minimum Gasteiger partial charge on any atom is -0.492 e. The summed E-state index contributed by atoms with van der Waals surface area (Å²) in [5, 5.41) is 6.63. The van der Waals surface area contributed by atoms with Crippen LogP contribution in [0.25, 0.3) is 0 Å². The zero-order valence-corrected chi connectivity index (χ0v) is 13.0. The highest BCUT2D eigenvalue weighted by Gasteiger charge is 2.31. The zero-order valence-electron chi connectivity index (χ0n) is 12.2. The molecule has 1 aliphatic carbocycles. The minimum atomic E-state index is -0.314. The third kappa shape index (κ3) is 3.01. The summed E-state index contributed by atoms with van der Waals surface area (Å²) in [7, 11) is 0. The van der Waals surface area contributed by atoms with Gasteiger partial charge >= 0.3 is 0 Å². The molecule has 1 saturated carbocycles. The standard InChI is InChI=1S/C16H21ClN2O2/c1-2-18-15-11-7-12(17)14(8-13(11)19-16(15)20)21-9-10-5-3-4-6-10/h7-8,10,15,18H,2-6,9H2,1H3,(H,19,20). The normalized spacial score (nSPS) is 21.4. The summed E-state index contributed by atoms with van der Waals surface area (Å²) in [6.07, 6.45) is 5.07. The Hall–Kier alpha value is -1.26. The first kappa shape index (κ1) is 14.7. The molecule has 4 nitrogen and oxygen atoms in total. The number of fused-ring (bicyclic) bond motifs is 1. The van der Waals surface area contributed by atoms with Crippen LogP contribution in [0.2, 0.25) is 5.02 Å². The maximum Gasteiger partial charge on any atom is 0.246 e. The molecular weight excluding hydrogens is 288 g/mol. The van der Waals surface area contributed by atoms with Crippen LogP contribution in [0.5, 0.6) is 5.75 Å². The van der Waals surface area contributed by atoms with Gasteiger partial charge in [0.25, 0.3) is 0 Å². The lowest BCUT2D eigenvalue weighted by atomic mass is 10.1. The molecular formula is C16H21ClN2O2. The van der Waals surface area contributed by atoms with Gasteiger partial charge in [-0.05, 0) is 31.4 Å². The SMILES string of the molecule is CCNC1C(=O)Nc2cc(OCC3CCCC3)c(Cl)cc21. The molecule has 1 amide bonds. The van der Waals surface area contributed by atoms with Crippen molar-refractivity contribution in [3.63, 3.8) is 0 Å². The number of benzene rings is 1. The average molecular weight is 309 g/mol. The Morgan fingerprint density at radius 1 is 1.38 bits per heavy atom. The molecule has 3 rings (SSSR count). The van der Waals surface area contributed by atoms with Crippen molar-refractivity contribution in [1.29, 1.82) is 0 Å². The molecule has 0 aromatic heterocycles. The zero-order chi connectivity index (χ0) is 14.8. The van der Waals surface area contributed by atoms with Gasteiger partial charge in [-0.15, -0.1) is 0 Å². The summed E-state index contributed by atoms with van der Waals surface area (Å²) in [5.74, 6) is 1.27. The number of ether oxygens (including phenoxy) is 1. The van der Waals surface area contributed by atoms with Crippen LogP contribution in [0.4, 0.5) is 5.69 Å². The van der Waals surface area contributed by atoms with Crippen molar-refractivity contribution in [2.75, 3.05) is 18.5 Å². The predicted molar refractivity (Wildman–Crippen MR) is 84.0 cm³/mol. The number of rotatable bonds is 5. The van der Waals surface area contributed by atoms with E-state index < -0.39 is 0 Å². The fraction of sp³-hybridized carbons (Fsp3) is 0.562. The second kappa shape index (κ2) is 6.24. The summed E-state index contributed by atoms with van der Waals surface area (Å²) in [6, 6.07) is 3.37. The third-order valence-electron chi connectivity index (χ3n) is 4.29. The Morgan fingerprint density at radius 3 is 2.86 bits per heavy atom. The molecule has 1 fully saturated rings. The molecule has 5 heteroatoms. The summed E-state index contributed by atoms with van der Waals surface area (Å²) in [4.78, 5) is 12.0. The van der Waals surface area contributed by atoms with Crippen LogP contribution in [0.1, 0.15) is 44.2 Å². The quantitative estimate of drug-likeness (QED) is 0.875. The molecule has 0 bridgehead atoms. The van der Waals surface area contributed by atoms with Crippen molar-refractivity contribution < 1.29 is 9.53 Å². The van der Waals surface area contributed by atoms with Gasteiger partial charge in [-0.3, -0.25) is 4.79 Å². The largest absolute Gasteiger partial charge is 0.492 e. The Kier molecular flexibility index (Phi) is 4.36. The molecule has 2 aliphatic rings. The van der Waals surface area contributed by atoms with Gasteiger partial charge in [0.15, 0.2) is 0 Å². The van der Waals surface area contributed by atoms with Gasteiger partial charge in [-0.25, -0.2) is 0 Å². The van der Waals surface area contributed by atoms with Crippen LogP contribution < -0.4 is 15.4 Å². The maximum absolute atomic E-state index is 12.0. The van der Waals surface area contributed by atoms with Crippen molar-refractivity contribution in [2.24, 2.45) is 5.92 Å². The van der Waals surface area contributed by atoms with Crippen LogP contribution in [-0.2, 0) is 4.79 Å². The third-order valence-corrected chi connectivity index (χ3v) is 4.59. The fourth-order valence-electron chi connectivity index (χ4n) is 3.16. The Balaban J connectivity index is 1.75. The number of likely N-dealkylation sites (N-methyl/N-ethyl adjacent to an activating group) is 1. The number of nitrogens with one attached hydrogen (secondary N) is 2. The smallest absolute Gasteiger partial charge is 0.246 e. The molecule has 1 atom stereocenters. The highest BCUT2D eigenvalue weighted by molar-refractivity contribution is 6.32. The maximum atomic E-state index is 12.0. The fourth-order valence-corrected chi connectivity index (χ4v) is 3.39. The average Bonchev–Trinajstić information content (AvgIpc) is 3.07. The van der Waals surface area contributed by atoms with Crippen LogP contribution >= 0.6 is 11.6 Å². The van der Waals surface area contributed by atoms with E-state index in [9.17, 15) is 4.79 Å². The van der Waals surface area contributed by atoms with E-state index >= 15 is 0 Å². The molecule has 1 aromatic carbocycles. The lowest BCUT2D eigenvalue weighted by Gasteiger charge is -2.14. The van der Waals surface area contributed by atoms with Gasteiger partial charge in [0.2, 0.25) is 5.91 Å². The highest BCUT2D eigenvalue weighted by Crippen LogP contribution is 2.39. The van der Waals surface area contributed by atoms with Gasteiger partial charge in [0.1, 0.15) is 11.8 Å². The van der Waals surface area contributed by atoms with Gasteiger partial charge in [-0.1, -0.05) is 31.4 Å². The predicted octanol–water partition coefficient (Wildman–Crippen LogP) is 3.51. The van der Waals surface area contributed by atoms with Crippen molar-refractivity contribution in [2.45, 2.75) is 38.6 Å². The number of hydrogen-bond donors (Lipinski definition) is 2. The number of hydrogen-bond acceptors (Lipinski definition) is 3. The van der Waals surface area contributed by atoms with Gasteiger partial charge in [0, 0.05) is 17.3 Å². The summed E-state index contributed by atoms with van der Waals surface area (Å²) >= 11 is 6.31. The number of carbonyl (C=O) groups is 1. The number of anilines is 1. The van der Waals surface area contributed by atoms with Crippen LogP contribution in [0.3, 0.4) is 0 Å². The van der Waals surface area contributed by atoms with E-state index in [4.69, 9.17) is 16.3 Å². The summed E-state index contributed by atoms with van der Waals surface area (Å²) in [6.45, 7) is 3.42. The van der Waals surface area contributed by atoms with E-state index in [0.29, 0.717) is 23.3 Å². The van der Waals surface area contributed by atoms with Crippen molar-refractivity contribution >= 4 is 23.2 Å². The Labute approximate surface area is 130 Å². The van der Waals surface area contributed by atoms with Gasteiger partial charge < -0.3 is 15.4 Å². The Bertz CT molecular complexity index is 541. The molecule has 114 valence electrons. The van der Waals surface area contributed by atoms with Crippen molar-refractivity contribution in [3.8, 4) is 5.75 Å². The lowest BCUT2D eigenvalue weighted by Crippen LogP contribution is -2.27. The van der Waals surface area contributed by atoms with E-state index in [1.807, 2.05) is 19.1 Å². The second-order valence-corrected chi connectivity index (χ2v) is 6.22. The lowest BCUT2D eigenvalue weighted by molar-refractivity contribution is -0.117. The van der Waals surface area contributed by atoms with Crippen LogP contribution in [-0.4, -0.2) is 19.1 Å². The second-order valence-electron chi connectivity index (χ2n) is 5.81. The van der Waals surface area contributed by atoms with Crippen LogP contribution in [0.15, 0.2) is 12.1 Å². The molecule has 1 aromatic rings.